The first-order valence-corrected chi connectivity index (χ1v) is 14.9. The van der Waals surface area contributed by atoms with Gasteiger partial charge >= 0.3 is 5.97 Å². The minimum absolute atomic E-state index is 0.0722. The van der Waals surface area contributed by atoms with Crippen molar-refractivity contribution in [2.24, 2.45) is 0 Å². The van der Waals surface area contributed by atoms with Crippen LogP contribution in [0.5, 0.6) is 5.75 Å². The van der Waals surface area contributed by atoms with Crippen LogP contribution in [-0.4, -0.2) is 69.2 Å². The van der Waals surface area contributed by atoms with Gasteiger partial charge in [0.1, 0.15) is 5.75 Å². The van der Waals surface area contributed by atoms with E-state index in [-0.39, 0.29) is 48.2 Å². The predicted octanol–water partition coefficient (Wildman–Crippen LogP) is 2.82. The SMILES string of the molecule is O=C(NCCC(=O)N1CCC(C(=O)O)(c2ccccc2)CC1)c1ccc(CNC[C@H](O)c2ccc(O)c3[nH]c(=O)ccc23)cc1. The number of phenols is 1. The number of hydrogen-bond donors (Lipinski definition) is 6. The first-order chi connectivity index (χ1) is 21.7. The van der Waals surface area contributed by atoms with E-state index in [2.05, 4.69) is 15.6 Å². The van der Waals surface area contributed by atoms with Crippen molar-refractivity contribution in [2.45, 2.75) is 37.3 Å². The lowest BCUT2D eigenvalue weighted by atomic mass is 9.73. The molecule has 1 aliphatic rings. The highest BCUT2D eigenvalue weighted by Crippen LogP contribution is 2.36. The number of aromatic amines is 1. The molecule has 1 saturated heterocycles. The number of piperidine rings is 1. The number of aliphatic hydroxyl groups excluding tert-OH is 1. The van der Waals surface area contributed by atoms with Gasteiger partial charge in [-0.2, -0.15) is 0 Å². The van der Waals surface area contributed by atoms with Crippen LogP contribution in [0.25, 0.3) is 10.9 Å². The summed E-state index contributed by atoms with van der Waals surface area (Å²) in [5, 5.41) is 37.3. The Morgan fingerprint density at radius 3 is 2.33 bits per heavy atom. The molecule has 5 rings (SSSR count). The summed E-state index contributed by atoms with van der Waals surface area (Å²) in [6, 6.07) is 22.1. The number of carbonyl (C=O) groups is 3. The molecule has 1 aromatic heterocycles. The fourth-order valence-corrected chi connectivity index (χ4v) is 5.85. The number of aliphatic hydroxyl groups is 1. The van der Waals surface area contributed by atoms with Crippen LogP contribution in [0.4, 0.5) is 0 Å². The topological polar surface area (TPSA) is 172 Å². The molecule has 1 fully saturated rings. The zero-order chi connectivity index (χ0) is 32.0. The lowest BCUT2D eigenvalue weighted by Gasteiger charge is -2.39. The Balaban J connectivity index is 1.05. The fraction of sp³-hybridized carbons (Fsp3) is 0.294. The molecule has 0 saturated carbocycles. The lowest BCUT2D eigenvalue weighted by Crippen LogP contribution is -2.49. The normalized spacial score (nSPS) is 15.0. The zero-order valence-corrected chi connectivity index (χ0v) is 24.7. The zero-order valence-electron chi connectivity index (χ0n) is 24.7. The molecule has 2 amide bonds. The van der Waals surface area contributed by atoms with Gasteiger partial charge in [-0.3, -0.25) is 19.2 Å². The third kappa shape index (κ3) is 7.05. The highest BCUT2D eigenvalue weighted by atomic mass is 16.4. The van der Waals surface area contributed by atoms with Gasteiger partial charge in [-0.25, -0.2) is 0 Å². The molecule has 2 heterocycles. The second kappa shape index (κ2) is 13.7. The van der Waals surface area contributed by atoms with Crippen LogP contribution in [0.3, 0.4) is 0 Å². The summed E-state index contributed by atoms with van der Waals surface area (Å²) < 4.78 is 0. The van der Waals surface area contributed by atoms with Gasteiger partial charge in [-0.15, -0.1) is 0 Å². The van der Waals surface area contributed by atoms with E-state index in [9.17, 15) is 34.5 Å². The van der Waals surface area contributed by atoms with Crippen LogP contribution in [0.1, 0.15) is 52.4 Å². The number of carboxylic acids is 1. The number of H-pyrrole nitrogens is 1. The molecule has 1 aliphatic heterocycles. The van der Waals surface area contributed by atoms with E-state index in [4.69, 9.17) is 0 Å². The molecule has 6 N–H and O–H groups in total. The van der Waals surface area contributed by atoms with E-state index in [1.54, 1.807) is 41.3 Å². The molecule has 0 bridgehead atoms. The Kier molecular flexibility index (Phi) is 9.60. The summed E-state index contributed by atoms with van der Waals surface area (Å²) >= 11 is 0. The van der Waals surface area contributed by atoms with Gasteiger partial charge in [0.2, 0.25) is 11.5 Å². The van der Waals surface area contributed by atoms with Crippen LogP contribution >= 0.6 is 0 Å². The Hall–Kier alpha value is -5.00. The van der Waals surface area contributed by atoms with Gasteiger partial charge < -0.3 is 35.8 Å². The maximum Gasteiger partial charge on any atom is 0.314 e. The number of carbonyl (C=O) groups excluding carboxylic acids is 2. The number of pyridine rings is 1. The quantitative estimate of drug-likeness (QED) is 0.150. The van der Waals surface area contributed by atoms with Crippen molar-refractivity contribution in [3.63, 3.8) is 0 Å². The number of nitrogens with one attached hydrogen (secondary N) is 3. The van der Waals surface area contributed by atoms with Crippen molar-refractivity contribution in [1.29, 1.82) is 0 Å². The average Bonchev–Trinajstić information content (AvgIpc) is 3.05. The van der Waals surface area contributed by atoms with Crippen molar-refractivity contribution in [3.8, 4) is 5.75 Å². The van der Waals surface area contributed by atoms with Crippen molar-refractivity contribution in [1.82, 2.24) is 20.5 Å². The van der Waals surface area contributed by atoms with Crippen molar-refractivity contribution >= 4 is 28.7 Å². The summed E-state index contributed by atoms with van der Waals surface area (Å²) in [6.07, 6.45) is -0.102. The van der Waals surface area contributed by atoms with Crippen molar-refractivity contribution in [3.05, 3.63) is 111 Å². The van der Waals surface area contributed by atoms with E-state index in [1.165, 1.54) is 12.1 Å². The Morgan fingerprint density at radius 1 is 0.933 bits per heavy atom. The molecule has 234 valence electrons. The average molecular weight is 613 g/mol. The number of aromatic nitrogens is 1. The Bertz CT molecular complexity index is 1730. The van der Waals surface area contributed by atoms with Gasteiger partial charge in [0, 0.05) is 56.2 Å². The summed E-state index contributed by atoms with van der Waals surface area (Å²) in [4.78, 5) is 53.5. The molecular formula is C34H36N4O7. The number of fused-ring (bicyclic) bond motifs is 1. The smallest absolute Gasteiger partial charge is 0.314 e. The summed E-state index contributed by atoms with van der Waals surface area (Å²) in [5.41, 5.74) is 1.58. The second-order valence-corrected chi connectivity index (χ2v) is 11.3. The van der Waals surface area contributed by atoms with E-state index in [0.717, 1.165) is 11.1 Å². The standard InChI is InChI=1S/C34H36N4O7/c39-27-12-10-25(26-11-13-29(41)37-31(26)27)28(40)21-35-20-22-6-8-23(9-7-22)32(43)36-17-14-30(42)38-18-15-34(16-19-38,33(44)45)24-4-2-1-3-5-24/h1-13,28,35,39-40H,14-21H2,(H,36,43)(H,37,41)(H,44,45)/t28-/m0/s1. The molecular weight excluding hydrogens is 576 g/mol. The van der Waals surface area contributed by atoms with Gasteiger partial charge in [-0.1, -0.05) is 48.5 Å². The highest BCUT2D eigenvalue weighted by Gasteiger charge is 2.43. The number of rotatable bonds is 11. The molecule has 11 heteroatoms. The summed E-state index contributed by atoms with van der Waals surface area (Å²) in [5.74, 6) is -1.38. The van der Waals surface area contributed by atoms with Crippen LogP contribution < -0.4 is 16.2 Å². The molecule has 3 aromatic carbocycles. The first-order valence-electron chi connectivity index (χ1n) is 14.9. The van der Waals surface area contributed by atoms with E-state index >= 15 is 0 Å². The number of benzene rings is 3. The second-order valence-electron chi connectivity index (χ2n) is 11.3. The molecule has 45 heavy (non-hydrogen) atoms. The molecule has 0 radical (unpaired) electrons. The molecule has 4 aromatic rings. The third-order valence-corrected chi connectivity index (χ3v) is 8.48. The lowest BCUT2D eigenvalue weighted by molar-refractivity contribution is -0.148. The van der Waals surface area contributed by atoms with Crippen molar-refractivity contribution < 1.29 is 29.7 Å². The third-order valence-electron chi connectivity index (χ3n) is 8.48. The van der Waals surface area contributed by atoms with Crippen LogP contribution in [0.2, 0.25) is 0 Å². The Morgan fingerprint density at radius 2 is 1.64 bits per heavy atom. The van der Waals surface area contributed by atoms with E-state index < -0.39 is 17.5 Å². The molecule has 0 spiro atoms. The van der Waals surface area contributed by atoms with Gasteiger partial charge in [0.15, 0.2) is 0 Å². The Labute approximate surface area is 259 Å². The minimum Gasteiger partial charge on any atom is -0.506 e. The largest absolute Gasteiger partial charge is 0.506 e. The van der Waals surface area contributed by atoms with Gasteiger partial charge in [0.25, 0.3) is 5.91 Å². The number of nitrogens with zero attached hydrogens (tertiary/aromatic N) is 1. The van der Waals surface area contributed by atoms with E-state index in [1.807, 2.05) is 30.3 Å². The van der Waals surface area contributed by atoms with Crippen LogP contribution in [0, 0.1) is 0 Å². The minimum atomic E-state index is -1.00. The number of amides is 2. The number of hydrogen-bond acceptors (Lipinski definition) is 7. The number of aliphatic carboxylic acids is 1. The van der Waals surface area contributed by atoms with Crippen molar-refractivity contribution in [2.75, 3.05) is 26.2 Å². The number of likely N-dealkylation sites (tertiary alicyclic amines) is 1. The highest BCUT2D eigenvalue weighted by molar-refractivity contribution is 5.94. The van der Waals surface area contributed by atoms with Crippen LogP contribution in [0.15, 0.2) is 83.7 Å². The van der Waals surface area contributed by atoms with Gasteiger partial charge in [-0.05, 0) is 53.8 Å². The number of carboxylic acid groups (broad SMARTS) is 1. The predicted molar refractivity (Wildman–Crippen MR) is 168 cm³/mol. The number of phenolic OH excluding ortho intramolecular Hbond substituents is 1. The maximum atomic E-state index is 12.8. The number of aromatic hydroxyl groups is 1. The molecule has 0 unspecified atom stereocenters. The summed E-state index contributed by atoms with van der Waals surface area (Å²) in [6.45, 7) is 1.50. The first kappa shape index (κ1) is 31.4. The fourth-order valence-electron chi connectivity index (χ4n) is 5.85. The molecule has 11 nitrogen and oxygen atoms in total. The molecule has 1 atom stereocenters. The van der Waals surface area contributed by atoms with Crippen LogP contribution in [-0.2, 0) is 21.5 Å². The van der Waals surface area contributed by atoms with E-state index in [0.29, 0.717) is 49.0 Å². The molecule has 0 aliphatic carbocycles. The summed E-state index contributed by atoms with van der Waals surface area (Å²) in [7, 11) is 0. The maximum absolute atomic E-state index is 12.8. The monoisotopic (exact) mass is 612 g/mol. The van der Waals surface area contributed by atoms with Gasteiger partial charge in [0.05, 0.1) is 17.0 Å².